The lowest BCUT2D eigenvalue weighted by atomic mass is 9.97. The lowest BCUT2D eigenvalue weighted by Crippen LogP contribution is -2.14. The second-order valence-electron chi connectivity index (χ2n) is 4.27. The molecule has 2 rings (SSSR count). The Hall–Kier alpha value is -1.95. The van der Waals surface area contributed by atoms with Crippen LogP contribution in [0.1, 0.15) is 22.7 Å². The molecule has 106 valence electrons. The van der Waals surface area contributed by atoms with Crippen molar-refractivity contribution in [3.05, 3.63) is 70.8 Å². The summed E-state index contributed by atoms with van der Waals surface area (Å²) in [5, 5.41) is 0. The molecular weight excluding hydrogens is 277 g/mol. The van der Waals surface area contributed by atoms with Gasteiger partial charge in [-0.2, -0.15) is 13.2 Å². The van der Waals surface area contributed by atoms with E-state index in [0.717, 1.165) is 24.3 Å². The van der Waals surface area contributed by atoms with E-state index >= 15 is 0 Å². The van der Waals surface area contributed by atoms with Gasteiger partial charge in [0.15, 0.2) is 11.6 Å². The zero-order valence-corrected chi connectivity index (χ0v) is 10.1. The Balaban J connectivity index is 2.38. The minimum absolute atomic E-state index is 0.172. The maximum absolute atomic E-state index is 13.1. The van der Waals surface area contributed by atoms with Crippen LogP contribution < -0.4 is 5.73 Å². The Labute approximate surface area is 111 Å². The Morgan fingerprint density at radius 3 is 2.10 bits per heavy atom. The van der Waals surface area contributed by atoms with Crippen LogP contribution in [0.3, 0.4) is 0 Å². The molecule has 0 saturated heterocycles. The minimum Gasteiger partial charge on any atom is -0.320 e. The van der Waals surface area contributed by atoms with Crippen molar-refractivity contribution in [2.24, 2.45) is 5.73 Å². The number of hydrogen-bond acceptors (Lipinski definition) is 1. The molecule has 20 heavy (non-hydrogen) atoms. The van der Waals surface area contributed by atoms with E-state index < -0.39 is 29.4 Å². The highest BCUT2D eigenvalue weighted by Gasteiger charge is 2.30. The first kappa shape index (κ1) is 14.5. The van der Waals surface area contributed by atoms with Gasteiger partial charge in [-0.1, -0.05) is 18.2 Å². The molecule has 6 heteroatoms. The molecule has 0 aliphatic heterocycles. The molecule has 1 nitrogen and oxygen atoms in total. The van der Waals surface area contributed by atoms with Gasteiger partial charge < -0.3 is 5.73 Å². The van der Waals surface area contributed by atoms with Gasteiger partial charge in [-0.05, 0) is 35.4 Å². The van der Waals surface area contributed by atoms with E-state index in [9.17, 15) is 22.0 Å². The van der Waals surface area contributed by atoms with E-state index in [-0.39, 0.29) is 11.1 Å². The Bertz CT molecular complexity index is 621. The first-order chi connectivity index (χ1) is 9.29. The van der Waals surface area contributed by atoms with E-state index in [2.05, 4.69) is 0 Å². The predicted molar refractivity (Wildman–Crippen MR) is 63.8 cm³/mol. The summed E-state index contributed by atoms with van der Waals surface area (Å²) < 4.78 is 63.7. The number of rotatable bonds is 2. The molecule has 0 spiro atoms. The third-order valence-corrected chi connectivity index (χ3v) is 2.88. The summed E-state index contributed by atoms with van der Waals surface area (Å²) in [4.78, 5) is 0. The Kier molecular flexibility index (Phi) is 3.76. The van der Waals surface area contributed by atoms with Crippen molar-refractivity contribution in [1.82, 2.24) is 0 Å². The molecule has 0 amide bonds. The van der Waals surface area contributed by atoms with Gasteiger partial charge in [-0.25, -0.2) is 8.78 Å². The number of nitrogens with two attached hydrogens (primary N) is 1. The highest BCUT2D eigenvalue weighted by Crippen LogP contribution is 2.31. The van der Waals surface area contributed by atoms with Crippen molar-refractivity contribution < 1.29 is 22.0 Å². The van der Waals surface area contributed by atoms with Crippen molar-refractivity contribution in [1.29, 1.82) is 0 Å². The number of alkyl halides is 3. The van der Waals surface area contributed by atoms with Gasteiger partial charge in [0.25, 0.3) is 0 Å². The quantitative estimate of drug-likeness (QED) is 0.829. The van der Waals surface area contributed by atoms with Crippen molar-refractivity contribution in [3.8, 4) is 0 Å². The number of benzene rings is 2. The predicted octanol–water partition coefficient (Wildman–Crippen LogP) is 4.03. The van der Waals surface area contributed by atoms with Crippen molar-refractivity contribution in [2.45, 2.75) is 12.2 Å². The van der Waals surface area contributed by atoms with Crippen LogP contribution in [0.5, 0.6) is 0 Å². The summed E-state index contributed by atoms with van der Waals surface area (Å²) in [6, 6.07) is 6.47. The van der Waals surface area contributed by atoms with Crippen LogP contribution in [0.2, 0.25) is 0 Å². The molecule has 0 aliphatic carbocycles. The topological polar surface area (TPSA) is 26.0 Å². The van der Waals surface area contributed by atoms with Gasteiger partial charge in [-0.15, -0.1) is 0 Å². The highest BCUT2D eigenvalue weighted by molar-refractivity contribution is 5.35. The van der Waals surface area contributed by atoms with E-state index in [1.54, 1.807) is 0 Å². The second-order valence-corrected chi connectivity index (χ2v) is 4.27. The molecule has 1 unspecified atom stereocenters. The molecule has 2 aromatic rings. The molecule has 0 saturated carbocycles. The molecule has 0 aliphatic rings. The zero-order chi connectivity index (χ0) is 14.9. The average Bonchev–Trinajstić information content (AvgIpc) is 2.40. The third kappa shape index (κ3) is 2.96. The third-order valence-electron chi connectivity index (χ3n) is 2.88. The first-order valence-electron chi connectivity index (χ1n) is 5.66. The normalized spacial score (nSPS) is 13.3. The van der Waals surface area contributed by atoms with Crippen molar-refractivity contribution >= 4 is 0 Å². The van der Waals surface area contributed by atoms with Gasteiger partial charge in [0.05, 0.1) is 11.6 Å². The summed E-state index contributed by atoms with van der Waals surface area (Å²) in [7, 11) is 0. The van der Waals surface area contributed by atoms with E-state index in [1.165, 1.54) is 18.2 Å². The monoisotopic (exact) mass is 287 g/mol. The van der Waals surface area contributed by atoms with Crippen LogP contribution in [-0.4, -0.2) is 0 Å². The second kappa shape index (κ2) is 5.20. The van der Waals surface area contributed by atoms with Crippen molar-refractivity contribution in [3.63, 3.8) is 0 Å². The number of hydrogen-bond donors (Lipinski definition) is 1. The van der Waals surface area contributed by atoms with Gasteiger partial charge in [0.2, 0.25) is 0 Å². The molecule has 1 atom stereocenters. The fourth-order valence-electron chi connectivity index (χ4n) is 1.81. The van der Waals surface area contributed by atoms with Gasteiger partial charge >= 0.3 is 6.18 Å². The molecule has 0 fully saturated rings. The largest absolute Gasteiger partial charge is 0.416 e. The van der Waals surface area contributed by atoms with Gasteiger partial charge in [0, 0.05) is 0 Å². The van der Waals surface area contributed by atoms with E-state index in [1.807, 2.05) is 0 Å². The molecule has 2 aromatic carbocycles. The highest BCUT2D eigenvalue weighted by atomic mass is 19.4. The van der Waals surface area contributed by atoms with Crippen LogP contribution in [0.25, 0.3) is 0 Å². The zero-order valence-electron chi connectivity index (χ0n) is 10.1. The maximum atomic E-state index is 13.1. The summed E-state index contributed by atoms with van der Waals surface area (Å²) in [5.41, 5.74) is 5.32. The summed E-state index contributed by atoms with van der Waals surface area (Å²) in [5.74, 6) is -2.13. The molecule has 0 heterocycles. The average molecular weight is 287 g/mol. The van der Waals surface area contributed by atoms with Crippen LogP contribution in [0.4, 0.5) is 22.0 Å². The Morgan fingerprint density at radius 1 is 0.850 bits per heavy atom. The maximum Gasteiger partial charge on any atom is 0.416 e. The lowest BCUT2D eigenvalue weighted by molar-refractivity contribution is -0.137. The smallest absolute Gasteiger partial charge is 0.320 e. The summed E-state index contributed by atoms with van der Waals surface area (Å²) in [6.07, 6.45) is -4.48. The van der Waals surface area contributed by atoms with Crippen LogP contribution >= 0.6 is 0 Å². The minimum atomic E-state index is -4.48. The molecule has 0 aromatic heterocycles. The molecule has 2 N–H and O–H groups in total. The number of halogens is 5. The standard InChI is InChI=1S/C14H10F5N/c15-11-5-4-9(7-12(11)16)13(20)8-2-1-3-10(6-8)14(17,18)19/h1-7,13H,20H2. The Morgan fingerprint density at radius 2 is 1.50 bits per heavy atom. The summed E-state index contributed by atoms with van der Waals surface area (Å²) >= 11 is 0. The molecular formula is C14H10F5N. The molecule has 0 radical (unpaired) electrons. The van der Waals surface area contributed by atoms with Crippen LogP contribution in [0.15, 0.2) is 42.5 Å². The van der Waals surface area contributed by atoms with Crippen molar-refractivity contribution in [2.75, 3.05) is 0 Å². The lowest BCUT2D eigenvalue weighted by Gasteiger charge is -2.15. The summed E-state index contributed by atoms with van der Waals surface area (Å²) in [6.45, 7) is 0. The SMILES string of the molecule is NC(c1cccc(C(F)(F)F)c1)c1ccc(F)c(F)c1. The van der Waals surface area contributed by atoms with E-state index in [4.69, 9.17) is 5.73 Å². The molecule has 0 bridgehead atoms. The first-order valence-corrected chi connectivity index (χ1v) is 5.66. The fourth-order valence-corrected chi connectivity index (χ4v) is 1.81. The van der Waals surface area contributed by atoms with Crippen LogP contribution in [0, 0.1) is 11.6 Å². The van der Waals surface area contributed by atoms with Gasteiger partial charge in [0.1, 0.15) is 0 Å². The van der Waals surface area contributed by atoms with Gasteiger partial charge in [-0.3, -0.25) is 0 Å². The fraction of sp³-hybridized carbons (Fsp3) is 0.143. The van der Waals surface area contributed by atoms with E-state index in [0.29, 0.717) is 0 Å². The van der Waals surface area contributed by atoms with Crippen LogP contribution in [-0.2, 0) is 6.18 Å².